The zero-order valence-corrected chi connectivity index (χ0v) is 24.5. The van der Waals surface area contributed by atoms with Gasteiger partial charge in [-0.2, -0.15) is 0 Å². The number of nitrogens with zero attached hydrogens (tertiary/aromatic N) is 4. The molecule has 220 valence electrons. The maximum atomic E-state index is 13.9. The summed E-state index contributed by atoms with van der Waals surface area (Å²) in [5, 5.41) is 15.0. The van der Waals surface area contributed by atoms with E-state index in [2.05, 4.69) is 57.3 Å². The highest BCUT2D eigenvalue weighted by atomic mass is 16.5. The smallest absolute Gasteiger partial charge is 0.243 e. The summed E-state index contributed by atoms with van der Waals surface area (Å²) >= 11 is 0. The third-order valence-electron chi connectivity index (χ3n) is 9.03. The Morgan fingerprint density at radius 1 is 1.00 bits per heavy atom. The summed E-state index contributed by atoms with van der Waals surface area (Å²) in [6, 6.07) is 17.8. The van der Waals surface area contributed by atoms with Crippen LogP contribution in [0.15, 0.2) is 60.2 Å². The van der Waals surface area contributed by atoms with Crippen molar-refractivity contribution in [3.63, 3.8) is 0 Å². The lowest BCUT2D eigenvalue weighted by molar-refractivity contribution is -0.139. The third-order valence-corrected chi connectivity index (χ3v) is 9.03. The number of nitrogens with one attached hydrogen (secondary N) is 2. The number of aryl methyl sites for hydroxylation is 1. The number of carbonyl (C=O) groups excluding carboxylic acids is 2. The van der Waals surface area contributed by atoms with Crippen molar-refractivity contribution in [3.05, 3.63) is 82.7 Å². The minimum absolute atomic E-state index is 0.0454. The van der Waals surface area contributed by atoms with Crippen LogP contribution in [0.3, 0.4) is 0 Å². The summed E-state index contributed by atoms with van der Waals surface area (Å²) in [7, 11) is 3.57. The van der Waals surface area contributed by atoms with Crippen LogP contribution in [0.4, 0.5) is 0 Å². The van der Waals surface area contributed by atoms with E-state index < -0.39 is 6.04 Å². The van der Waals surface area contributed by atoms with Gasteiger partial charge in [0.15, 0.2) is 0 Å². The van der Waals surface area contributed by atoms with Gasteiger partial charge in [-0.15, -0.1) is 5.10 Å². The number of aromatic nitrogens is 3. The van der Waals surface area contributed by atoms with Gasteiger partial charge in [-0.05, 0) is 91.8 Å². The first kappa shape index (κ1) is 28.2. The lowest BCUT2D eigenvalue weighted by Gasteiger charge is -2.27. The van der Waals surface area contributed by atoms with Gasteiger partial charge in [0.05, 0.1) is 18.8 Å². The van der Waals surface area contributed by atoms with Crippen LogP contribution in [0.25, 0.3) is 6.08 Å². The SMILES string of the molecule is COc1ccc(CC2CC(C(=O)NCC3=Cc4nnn(C)c4CC3)N(C(=O)C3CC(Cc4ccccc4)CN3)C2)cc1. The van der Waals surface area contributed by atoms with Crippen molar-refractivity contribution in [2.24, 2.45) is 18.9 Å². The number of ether oxygens (including phenoxy) is 1. The number of hydrogen-bond acceptors (Lipinski definition) is 6. The molecule has 2 amide bonds. The summed E-state index contributed by atoms with van der Waals surface area (Å²) in [6.07, 6.45) is 6.95. The van der Waals surface area contributed by atoms with Crippen LogP contribution in [0, 0.1) is 11.8 Å². The molecule has 1 aliphatic carbocycles. The predicted octanol–water partition coefficient (Wildman–Crippen LogP) is 2.95. The highest BCUT2D eigenvalue weighted by Crippen LogP contribution is 2.30. The number of benzene rings is 2. The van der Waals surface area contributed by atoms with Gasteiger partial charge in [-0.1, -0.05) is 47.7 Å². The van der Waals surface area contributed by atoms with E-state index >= 15 is 0 Å². The average Bonchev–Trinajstić information content (AvgIpc) is 3.75. The van der Waals surface area contributed by atoms with Crippen LogP contribution in [-0.2, 0) is 35.9 Å². The number of hydrogen-bond donors (Lipinski definition) is 2. The molecular formula is C33H40N6O3. The lowest BCUT2D eigenvalue weighted by atomic mass is 9.96. The molecule has 1 aromatic heterocycles. The Morgan fingerprint density at radius 3 is 2.55 bits per heavy atom. The fourth-order valence-corrected chi connectivity index (χ4v) is 6.76. The van der Waals surface area contributed by atoms with E-state index in [9.17, 15) is 9.59 Å². The lowest BCUT2D eigenvalue weighted by Crippen LogP contribution is -2.51. The van der Waals surface area contributed by atoms with E-state index in [0.717, 1.165) is 61.4 Å². The first-order chi connectivity index (χ1) is 20.5. The minimum Gasteiger partial charge on any atom is -0.497 e. The van der Waals surface area contributed by atoms with Gasteiger partial charge in [0.1, 0.15) is 17.5 Å². The molecular weight excluding hydrogens is 528 g/mol. The van der Waals surface area contributed by atoms with Gasteiger partial charge < -0.3 is 20.3 Å². The molecule has 9 heteroatoms. The molecule has 0 saturated carbocycles. The second-order valence-corrected chi connectivity index (χ2v) is 12.0. The fraction of sp³-hybridized carbons (Fsp3) is 0.455. The number of fused-ring (bicyclic) bond motifs is 1. The standard InChI is InChI=1S/C33H40N6O3/c1-38-30-13-10-24(16-28(30)36-37-38)19-35-32(40)31-18-26(15-23-8-11-27(42-2)12-9-23)21-39(31)33(41)29-17-25(20-34-29)14-22-6-4-3-5-7-22/h3-9,11-12,16,25-26,29,31,34H,10,13-15,17-21H2,1-2H3,(H,35,40). The van der Waals surface area contributed by atoms with E-state index in [1.165, 1.54) is 11.1 Å². The second kappa shape index (κ2) is 12.5. The zero-order chi connectivity index (χ0) is 29.1. The Labute approximate surface area is 247 Å². The predicted molar refractivity (Wildman–Crippen MR) is 161 cm³/mol. The van der Waals surface area contributed by atoms with E-state index in [1.807, 2.05) is 40.9 Å². The molecule has 2 saturated heterocycles. The second-order valence-electron chi connectivity index (χ2n) is 12.0. The molecule has 4 unspecified atom stereocenters. The number of methoxy groups -OCH3 is 1. The van der Waals surface area contributed by atoms with E-state index in [1.54, 1.807) is 7.11 Å². The van der Waals surface area contributed by atoms with Crippen LogP contribution in [0.5, 0.6) is 5.75 Å². The number of amides is 2. The molecule has 3 heterocycles. The molecule has 2 aromatic carbocycles. The zero-order valence-electron chi connectivity index (χ0n) is 24.5. The molecule has 3 aliphatic rings. The molecule has 4 atom stereocenters. The Hall–Kier alpha value is -3.98. The number of rotatable bonds is 9. The summed E-state index contributed by atoms with van der Waals surface area (Å²) in [5.74, 6) is 1.39. The van der Waals surface area contributed by atoms with Crippen molar-refractivity contribution >= 4 is 17.9 Å². The molecule has 3 aromatic rings. The summed E-state index contributed by atoms with van der Waals surface area (Å²) < 4.78 is 7.12. The average molecular weight is 569 g/mol. The molecule has 2 N–H and O–H groups in total. The first-order valence-corrected chi connectivity index (χ1v) is 15.0. The molecule has 9 nitrogen and oxygen atoms in total. The van der Waals surface area contributed by atoms with Gasteiger partial charge in [-0.25, -0.2) is 0 Å². The summed E-state index contributed by atoms with van der Waals surface area (Å²) in [6.45, 7) is 1.84. The molecule has 0 spiro atoms. The fourth-order valence-electron chi connectivity index (χ4n) is 6.76. The van der Waals surface area contributed by atoms with Crippen molar-refractivity contribution in [3.8, 4) is 5.75 Å². The summed E-state index contributed by atoms with van der Waals surface area (Å²) in [5.41, 5.74) is 5.60. The van der Waals surface area contributed by atoms with Crippen LogP contribution in [0.1, 0.15) is 41.8 Å². The van der Waals surface area contributed by atoms with Crippen LogP contribution >= 0.6 is 0 Å². The quantitative estimate of drug-likeness (QED) is 0.412. The highest BCUT2D eigenvalue weighted by Gasteiger charge is 2.43. The van der Waals surface area contributed by atoms with E-state index in [4.69, 9.17) is 4.74 Å². The largest absolute Gasteiger partial charge is 0.497 e. The Bertz CT molecular complexity index is 1430. The van der Waals surface area contributed by atoms with Crippen molar-refractivity contribution in [1.29, 1.82) is 0 Å². The van der Waals surface area contributed by atoms with Gasteiger partial charge in [0.2, 0.25) is 11.8 Å². The first-order valence-electron chi connectivity index (χ1n) is 15.0. The minimum atomic E-state index is -0.480. The van der Waals surface area contributed by atoms with Crippen LogP contribution < -0.4 is 15.4 Å². The molecule has 2 aliphatic heterocycles. The molecule has 2 fully saturated rings. The maximum Gasteiger partial charge on any atom is 0.243 e. The number of likely N-dealkylation sites (tertiary alicyclic amines) is 1. The van der Waals surface area contributed by atoms with Crippen molar-refractivity contribution in [2.75, 3.05) is 26.7 Å². The van der Waals surface area contributed by atoms with E-state index in [0.29, 0.717) is 25.4 Å². The van der Waals surface area contributed by atoms with Gasteiger partial charge in [-0.3, -0.25) is 14.3 Å². The monoisotopic (exact) mass is 568 g/mol. The topological polar surface area (TPSA) is 101 Å². The molecule has 0 radical (unpaired) electrons. The maximum absolute atomic E-state index is 13.9. The Balaban J connectivity index is 1.13. The Morgan fingerprint density at radius 2 is 1.76 bits per heavy atom. The molecule has 0 bridgehead atoms. The van der Waals surface area contributed by atoms with E-state index in [-0.39, 0.29) is 23.8 Å². The molecule has 6 rings (SSSR count). The third kappa shape index (κ3) is 6.26. The van der Waals surface area contributed by atoms with Crippen LogP contribution in [-0.4, -0.2) is 70.5 Å². The van der Waals surface area contributed by atoms with Crippen LogP contribution in [0.2, 0.25) is 0 Å². The van der Waals surface area contributed by atoms with Crippen molar-refractivity contribution in [1.82, 2.24) is 30.5 Å². The molecule has 42 heavy (non-hydrogen) atoms. The Kier molecular flexibility index (Phi) is 8.37. The van der Waals surface area contributed by atoms with Gasteiger partial charge in [0.25, 0.3) is 0 Å². The normalized spacial score (nSPS) is 23.4. The van der Waals surface area contributed by atoms with Crippen molar-refractivity contribution in [2.45, 2.75) is 50.6 Å². The van der Waals surface area contributed by atoms with Gasteiger partial charge in [0, 0.05) is 20.1 Å². The number of carbonyl (C=O) groups is 2. The summed E-state index contributed by atoms with van der Waals surface area (Å²) in [4.78, 5) is 29.4. The van der Waals surface area contributed by atoms with Gasteiger partial charge >= 0.3 is 0 Å². The van der Waals surface area contributed by atoms with Crippen molar-refractivity contribution < 1.29 is 14.3 Å². The highest BCUT2D eigenvalue weighted by molar-refractivity contribution is 5.90.